The summed E-state index contributed by atoms with van der Waals surface area (Å²) in [7, 11) is 4.23. The van der Waals surface area contributed by atoms with E-state index in [1.165, 1.54) is 18.4 Å². The van der Waals surface area contributed by atoms with Gasteiger partial charge in [-0.2, -0.15) is 4.98 Å². The molecule has 32 heavy (non-hydrogen) atoms. The summed E-state index contributed by atoms with van der Waals surface area (Å²) < 4.78 is 0. The molecule has 0 spiro atoms. The Bertz CT molecular complexity index is 918. The van der Waals surface area contributed by atoms with Crippen molar-refractivity contribution in [2.75, 3.05) is 44.4 Å². The maximum Gasteiger partial charge on any atom is 0.229 e. The van der Waals surface area contributed by atoms with E-state index in [0.717, 1.165) is 56.0 Å². The Hall–Kier alpha value is -2.67. The molecule has 2 aromatic rings. The van der Waals surface area contributed by atoms with Gasteiger partial charge in [0.1, 0.15) is 5.82 Å². The number of anilines is 3. The highest BCUT2D eigenvalue weighted by atomic mass is 16.2. The lowest BCUT2D eigenvalue weighted by molar-refractivity contribution is -0.131. The smallest absolute Gasteiger partial charge is 0.229 e. The van der Waals surface area contributed by atoms with E-state index in [2.05, 4.69) is 41.5 Å². The molecule has 1 saturated carbocycles. The number of aromatic nitrogens is 2. The number of benzene rings is 1. The van der Waals surface area contributed by atoms with E-state index in [1.54, 1.807) is 0 Å². The summed E-state index contributed by atoms with van der Waals surface area (Å²) in [6, 6.07) is 8.56. The van der Waals surface area contributed by atoms with Crippen molar-refractivity contribution in [3.05, 3.63) is 48.5 Å². The van der Waals surface area contributed by atoms with E-state index >= 15 is 0 Å². The fourth-order valence-corrected chi connectivity index (χ4v) is 4.30. The first kappa shape index (κ1) is 22.5. The molecule has 2 heterocycles. The Balaban J connectivity index is 1.38. The minimum Gasteiger partial charge on any atom is -0.370 e. The lowest BCUT2D eigenvalue weighted by Crippen LogP contribution is -2.44. The van der Waals surface area contributed by atoms with Gasteiger partial charge in [-0.25, -0.2) is 4.98 Å². The fourth-order valence-electron chi connectivity index (χ4n) is 4.30. The predicted molar refractivity (Wildman–Crippen MR) is 129 cm³/mol. The molecule has 1 radical (unpaired) electrons. The van der Waals surface area contributed by atoms with E-state index in [9.17, 15) is 4.79 Å². The highest BCUT2D eigenvalue weighted by Gasteiger charge is 2.27. The number of piperidine rings is 1. The average Bonchev–Trinajstić information content (AvgIpc) is 3.63. The number of carbonyl (C=O) groups is 1. The first-order valence-corrected chi connectivity index (χ1v) is 11.7. The van der Waals surface area contributed by atoms with Gasteiger partial charge in [0.15, 0.2) is 0 Å². The molecule has 7 heteroatoms. The van der Waals surface area contributed by atoms with Gasteiger partial charge < -0.3 is 20.4 Å². The molecule has 7 nitrogen and oxygen atoms in total. The maximum absolute atomic E-state index is 12.8. The van der Waals surface area contributed by atoms with Gasteiger partial charge in [-0.3, -0.25) is 4.79 Å². The van der Waals surface area contributed by atoms with Crippen LogP contribution in [0.1, 0.15) is 49.1 Å². The highest BCUT2D eigenvalue weighted by molar-refractivity contribution is 5.79. The van der Waals surface area contributed by atoms with Crippen LogP contribution < -0.4 is 10.6 Å². The predicted octanol–water partition coefficient (Wildman–Crippen LogP) is 3.83. The first-order valence-electron chi connectivity index (χ1n) is 11.7. The Kier molecular flexibility index (Phi) is 7.25. The van der Waals surface area contributed by atoms with Crippen molar-refractivity contribution in [3.8, 4) is 0 Å². The van der Waals surface area contributed by atoms with Crippen molar-refractivity contribution in [1.29, 1.82) is 0 Å². The second kappa shape index (κ2) is 10.3. The van der Waals surface area contributed by atoms with E-state index in [-0.39, 0.29) is 5.91 Å². The molecule has 171 valence electrons. The summed E-state index contributed by atoms with van der Waals surface area (Å²) in [6.45, 7) is 6.37. The number of likely N-dealkylation sites (tertiary alicyclic amines) is 1. The summed E-state index contributed by atoms with van der Waals surface area (Å²) in [6.07, 6.45) is 7.65. The summed E-state index contributed by atoms with van der Waals surface area (Å²) in [5.74, 6) is 2.24. The third kappa shape index (κ3) is 5.76. The second-order valence-corrected chi connectivity index (χ2v) is 9.13. The van der Waals surface area contributed by atoms with Crippen LogP contribution in [0.2, 0.25) is 0 Å². The van der Waals surface area contributed by atoms with E-state index in [4.69, 9.17) is 4.98 Å². The van der Waals surface area contributed by atoms with Gasteiger partial charge in [0.05, 0.1) is 6.42 Å². The zero-order valence-corrected chi connectivity index (χ0v) is 19.3. The SMILES string of the molecule is [CH2]CCNc1nc(Nc2cccc(CC(=O)N3CCC(N(C)C)CC3)c2)ncc1C1CC1. The number of hydrogen-bond acceptors (Lipinski definition) is 6. The van der Waals surface area contributed by atoms with Crippen molar-refractivity contribution < 1.29 is 4.79 Å². The molecule has 1 aromatic carbocycles. The summed E-state index contributed by atoms with van der Waals surface area (Å²) in [5.41, 5.74) is 3.09. The number of carbonyl (C=O) groups excluding carboxylic acids is 1. The third-order valence-corrected chi connectivity index (χ3v) is 6.39. The molecule has 2 aliphatic rings. The Morgan fingerprint density at radius 2 is 2.00 bits per heavy atom. The first-order chi connectivity index (χ1) is 15.5. The number of hydrogen-bond donors (Lipinski definition) is 2. The summed E-state index contributed by atoms with van der Waals surface area (Å²) in [5, 5.41) is 6.70. The summed E-state index contributed by atoms with van der Waals surface area (Å²) >= 11 is 0. The summed E-state index contributed by atoms with van der Waals surface area (Å²) in [4.78, 5) is 26.3. The Labute approximate surface area is 191 Å². The van der Waals surface area contributed by atoms with Gasteiger partial charge in [-0.1, -0.05) is 19.1 Å². The van der Waals surface area contributed by atoms with Gasteiger partial charge >= 0.3 is 0 Å². The second-order valence-electron chi connectivity index (χ2n) is 9.13. The van der Waals surface area contributed by atoms with Gasteiger partial charge in [0.25, 0.3) is 0 Å². The van der Waals surface area contributed by atoms with Crippen LogP contribution in [0.25, 0.3) is 0 Å². The Morgan fingerprint density at radius 1 is 1.22 bits per heavy atom. The zero-order valence-electron chi connectivity index (χ0n) is 19.3. The molecule has 1 saturated heterocycles. The molecule has 0 atom stereocenters. The molecular formula is C25H35N6O. The standard InChI is InChI=1S/C25H35N6O/c1-4-12-26-24-22(19-8-9-19)17-27-25(29-24)28-20-7-5-6-18(15-20)16-23(32)31-13-10-21(11-14-31)30(2)3/h5-7,15,17,19,21H,1,4,8-14,16H2,2-3H3,(H2,26,27,28,29). The van der Waals surface area contributed by atoms with Crippen LogP contribution in [0.4, 0.5) is 17.5 Å². The van der Waals surface area contributed by atoms with Gasteiger partial charge in [-0.05, 0) is 69.8 Å². The highest BCUT2D eigenvalue weighted by Crippen LogP contribution is 2.42. The molecular weight excluding hydrogens is 400 g/mol. The largest absolute Gasteiger partial charge is 0.370 e. The maximum atomic E-state index is 12.8. The van der Waals surface area contributed by atoms with Crippen molar-refractivity contribution in [3.63, 3.8) is 0 Å². The molecule has 4 rings (SSSR count). The van der Waals surface area contributed by atoms with Crippen LogP contribution in [0, 0.1) is 6.92 Å². The molecule has 1 aromatic heterocycles. The van der Waals surface area contributed by atoms with E-state index in [0.29, 0.717) is 24.3 Å². The van der Waals surface area contributed by atoms with Crippen molar-refractivity contribution in [2.45, 2.75) is 50.5 Å². The van der Waals surface area contributed by atoms with Gasteiger partial charge in [-0.15, -0.1) is 0 Å². The van der Waals surface area contributed by atoms with Gasteiger partial charge in [0, 0.05) is 43.1 Å². The van der Waals surface area contributed by atoms with Crippen LogP contribution in [-0.2, 0) is 11.2 Å². The van der Waals surface area contributed by atoms with Crippen molar-refractivity contribution >= 4 is 23.4 Å². The van der Waals surface area contributed by atoms with Crippen molar-refractivity contribution in [2.24, 2.45) is 0 Å². The minimum absolute atomic E-state index is 0.198. The third-order valence-electron chi connectivity index (χ3n) is 6.39. The Morgan fingerprint density at radius 3 is 2.69 bits per heavy atom. The lowest BCUT2D eigenvalue weighted by Gasteiger charge is -2.35. The molecule has 1 aliphatic heterocycles. The van der Waals surface area contributed by atoms with Crippen molar-refractivity contribution in [1.82, 2.24) is 19.8 Å². The number of nitrogens with one attached hydrogen (secondary N) is 2. The van der Waals surface area contributed by atoms with Crippen LogP contribution in [0.5, 0.6) is 0 Å². The van der Waals surface area contributed by atoms with Crippen LogP contribution in [0.3, 0.4) is 0 Å². The van der Waals surface area contributed by atoms with E-state index < -0.39 is 0 Å². The minimum atomic E-state index is 0.198. The monoisotopic (exact) mass is 435 g/mol. The number of rotatable bonds is 9. The number of amides is 1. The van der Waals surface area contributed by atoms with Crippen LogP contribution in [-0.4, -0.2) is 65.4 Å². The molecule has 0 unspecified atom stereocenters. The van der Waals surface area contributed by atoms with Gasteiger partial charge in [0.2, 0.25) is 11.9 Å². The zero-order chi connectivity index (χ0) is 22.5. The molecule has 2 N–H and O–H groups in total. The molecule has 2 fully saturated rings. The normalized spacial score (nSPS) is 16.9. The topological polar surface area (TPSA) is 73.4 Å². The van der Waals surface area contributed by atoms with E-state index in [1.807, 2.05) is 35.4 Å². The van der Waals surface area contributed by atoms with Crippen LogP contribution >= 0.6 is 0 Å². The fraction of sp³-hybridized carbons (Fsp3) is 0.520. The molecule has 0 bridgehead atoms. The quantitative estimate of drug-likeness (QED) is 0.624. The average molecular weight is 436 g/mol. The molecule has 1 amide bonds. The lowest BCUT2D eigenvalue weighted by atomic mass is 10.0. The number of nitrogens with zero attached hydrogens (tertiary/aromatic N) is 4. The molecule has 1 aliphatic carbocycles. The van der Waals surface area contributed by atoms with Crippen LogP contribution in [0.15, 0.2) is 30.5 Å².